The molecule has 1 aromatic carbocycles. The van der Waals surface area contributed by atoms with Gasteiger partial charge in [0.2, 0.25) is 0 Å². The van der Waals surface area contributed by atoms with Gasteiger partial charge in [-0.15, -0.1) is 0 Å². The van der Waals surface area contributed by atoms with E-state index in [-0.39, 0.29) is 5.82 Å². The molecule has 0 saturated heterocycles. The van der Waals surface area contributed by atoms with Crippen LogP contribution < -0.4 is 4.74 Å². The maximum absolute atomic E-state index is 13.0. The second-order valence-corrected chi connectivity index (χ2v) is 4.24. The van der Waals surface area contributed by atoms with Gasteiger partial charge < -0.3 is 9.53 Å². The summed E-state index contributed by atoms with van der Waals surface area (Å²) in [7, 11) is 1.53. The zero-order valence-electron chi connectivity index (χ0n) is 9.21. The maximum atomic E-state index is 13.0. The molecule has 0 spiro atoms. The molecule has 0 aliphatic carbocycles. The lowest BCUT2D eigenvalue weighted by molar-refractivity contribution is -0.114. The van der Waals surface area contributed by atoms with Crippen molar-refractivity contribution in [1.82, 2.24) is 0 Å². The van der Waals surface area contributed by atoms with Gasteiger partial charge >= 0.3 is 0 Å². The van der Waals surface area contributed by atoms with Crippen molar-refractivity contribution in [1.29, 1.82) is 0 Å². The normalized spacial score (nSPS) is 11.2. The fourth-order valence-corrected chi connectivity index (χ4v) is 1.42. The fraction of sp³-hybridized carbons (Fsp3) is 0.417. The van der Waals surface area contributed by atoms with Crippen molar-refractivity contribution >= 4 is 6.29 Å². The van der Waals surface area contributed by atoms with Crippen molar-refractivity contribution in [3.8, 4) is 5.75 Å². The van der Waals surface area contributed by atoms with Crippen LogP contribution in [0.25, 0.3) is 0 Å². The number of hydrogen-bond acceptors (Lipinski definition) is 2. The number of benzene rings is 1. The summed E-state index contributed by atoms with van der Waals surface area (Å²) in [6.07, 6.45) is 1.34. The van der Waals surface area contributed by atoms with Gasteiger partial charge in [0.25, 0.3) is 0 Å². The molecule has 2 nitrogen and oxygen atoms in total. The number of ether oxygens (including phenoxy) is 1. The van der Waals surface area contributed by atoms with Crippen molar-refractivity contribution in [2.45, 2.75) is 20.3 Å². The number of aldehydes is 1. The minimum Gasteiger partial charge on any atom is -0.496 e. The Morgan fingerprint density at radius 2 is 2.13 bits per heavy atom. The summed E-state index contributed by atoms with van der Waals surface area (Å²) in [5, 5.41) is 0. The van der Waals surface area contributed by atoms with E-state index in [0.29, 0.717) is 12.2 Å². The van der Waals surface area contributed by atoms with Crippen LogP contribution in [0.5, 0.6) is 5.75 Å². The first-order valence-electron chi connectivity index (χ1n) is 4.77. The van der Waals surface area contributed by atoms with Crippen molar-refractivity contribution in [2.24, 2.45) is 5.41 Å². The van der Waals surface area contributed by atoms with E-state index in [2.05, 4.69) is 0 Å². The van der Waals surface area contributed by atoms with Crippen LogP contribution in [0.2, 0.25) is 0 Å². The zero-order chi connectivity index (χ0) is 11.5. The van der Waals surface area contributed by atoms with Gasteiger partial charge in [0.05, 0.1) is 7.11 Å². The maximum Gasteiger partial charge on any atom is 0.125 e. The van der Waals surface area contributed by atoms with Crippen molar-refractivity contribution in [2.75, 3.05) is 7.11 Å². The predicted molar refractivity (Wildman–Crippen MR) is 56.5 cm³/mol. The monoisotopic (exact) mass is 210 g/mol. The lowest BCUT2D eigenvalue weighted by Gasteiger charge is -2.18. The van der Waals surface area contributed by atoms with Gasteiger partial charge in [0.15, 0.2) is 0 Å². The molecule has 0 aromatic heterocycles. The highest BCUT2D eigenvalue weighted by molar-refractivity contribution is 5.59. The summed E-state index contributed by atoms with van der Waals surface area (Å²) in [5.41, 5.74) is 0.218. The Morgan fingerprint density at radius 3 is 2.67 bits per heavy atom. The number of methoxy groups -OCH3 is 1. The van der Waals surface area contributed by atoms with Gasteiger partial charge in [0.1, 0.15) is 17.9 Å². The molecule has 0 aliphatic rings. The molecule has 0 radical (unpaired) electrons. The van der Waals surface area contributed by atoms with Crippen LogP contribution in [-0.4, -0.2) is 13.4 Å². The average molecular weight is 210 g/mol. The Bertz CT molecular complexity index is 359. The standard InChI is InChI=1S/C12H15FO2/c1-12(2,8-14)7-9-6-10(13)4-5-11(9)15-3/h4-6,8H,7H2,1-3H3. The molecule has 0 unspecified atom stereocenters. The van der Waals surface area contributed by atoms with E-state index >= 15 is 0 Å². The Hall–Kier alpha value is -1.38. The van der Waals surface area contributed by atoms with Crippen LogP contribution in [0.4, 0.5) is 4.39 Å². The first-order valence-corrected chi connectivity index (χ1v) is 4.77. The highest BCUT2D eigenvalue weighted by Crippen LogP contribution is 2.26. The van der Waals surface area contributed by atoms with E-state index in [1.54, 1.807) is 6.07 Å². The van der Waals surface area contributed by atoms with Crippen LogP contribution in [0.15, 0.2) is 18.2 Å². The van der Waals surface area contributed by atoms with Crippen LogP contribution in [0, 0.1) is 11.2 Å². The lowest BCUT2D eigenvalue weighted by atomic mass is 9.87. The largest absolute Gasteiger partial charge is 0.496 e. The molecule has 0 bridgehead atoms. The summed E-state index contributed by atoms with van der Waals surface area (Å²) in [4.78, 5) is 10.8. The number of carbonyl (C=O) groups is 1. The van der Waals surface area contributed by atoms with E-state index in [9.17, 15) is 9.18 Å². The van der Waals surface area contributed by atoms with Gasteiger partial charge in [0, 0.05) is 5.41 Å². The van der Waals surface area contributed by atoms with E-state index in [0.717, 1.165) is 11.8 Å². The van der Waals surface area contributed by atoms with E-state index in [1.807, 2.05) is 13.8 Å². The number of hydrogen-bond donors (Lipinski definition) is 0. The highest BCUT2D eigenvalue weighted by Gasteiger charge is 2.19. The molecular weight excluding hydrogens is 195 g/mol. The average Bonchev–Trinajstić information content (AvgIpc) is 2.18. The summed E-state index contributed by atoms with van der Waals surface area (Å²) < 4.78 is 18.1. The predicted octanol–water partition coefficient (Wildman–Crippen LogP) is 2.60. The Kier molecular flexibility index (Phi) is 3.45. The molecule has 1 aromatic rings. The second kappa shape index (κ2) is 4.43. The van der Waals surface area contributed by atoms with Crippen LogP contribution in [0.1, 0.15) is 19.4 Å². The quantitative estimate of drug-likeness (QED) is 0.714. The van der Waals surface area contributed by atoms with Gasteiger partial charge in [-0.3, -0.25) is 0 Å². The van der Waals surface area contributed by atoms with Crippen LogP contribution in [-0.2, 0) is 11.2 Å². The van der Waals surface area contributed by atoms with Crippen LogP contribution >= 0.6 is 0 Å². The first-order chi connectivity index (χ1) is 6.98. The Balaban J connectivity index is 3.02. The minimum atomic E-state index is -0.499. The molecule has 0 saturated carbocycles. The molecule has 15 heavy (non-hydrogen) atoms. The van der Waals surface area contributed by atoms with Gasteiger partial charge in [-0.1, -0.05) is 13.8 Å². The van der Waals surface area contributed by atoms with E-state index in [4.69, 9.17) is 4.74 Å². The summed E-state index contributed by atoms with van der Waals surface area (Å²) >= 11 is 0. The molecule has 1 rings (SSSR count). The smallest absolute Gasteiger partial charge is 0.125 e. The highest BCUT2D eigenvalue weighted by atomic mass is 19.1. The summed E-state index contributed by atoms with van der Waals surface area (Å²) in [6.45, 7) is 3.62. The molecule has 82 valence electrons. The SMILES string of the molecule is COc1ccc(F)cc1CC(C)(C)C=O. The van der Waals surface area contributed by atoms with Crippen molar-refractivity contribution in [3.05, 3.63) is 29.6 Å². The molecule has 3 heteroatoms. The van der Waals surface area contributed by atoms with Crippen LogP contribution in [0.3, 0.4) is 0 Å². The lowest BCUT2D eigenvalue weighted by Crippen LogP contribution is -2.17. The number of rotatable bonds is 4. The third kappa shape index (κ3) is 3.05. The van der Waals surface area contributed by atoms with Crippen molar-refractivity contribution < 1.29 is 13.9 Å². The Morgan fingerprint density at radius 1 is 1.47 bits per heavy atom. The molecular formula is C12H15FO2. The fourth-order valence-electron chi connectivity index (χ4n) is 1.42. The van der Waals surface area contributed by atoms with Gasteiger partial charge in [-0.2, -0.15) is 0 Å². The summed E-state index contributed by atoms with van der Waals surface area (Å²) in [6, 6.07) is 4.33. The van der Waals surface area contributed by atoms with E-state index < -0.39 is 5.41 Å². The first kappa shape index (κ1) is 11.7. The van der Waals surface area contributed by atoms with Gasteiger partial charge in [-0.25, -0.2) is 4.39 Å². The summed E-state index contributed by atoms with van der Waals surface area (Å²) in [5.74, 6) is 0.304. The second-order valence-electron chi connectivity index (χ2n) is 4.24. The molecule has 0 amide bonds. The molecule has 0 fully saturated rings. The third-order valence-electron chi connectivity index (χ3n) is 2.21. The van der Waals surface area contributed by atoms with Gasteiger partial charge in [-0.05, 0) is 30.2 Å². The minimum absolute atomic E-state index is 0.313. The van der Waals surface area contributed by atoms with Crippen molar-refractivity contribution in [3.63, 3.8) is 0 Å². The number of carbonyl (C=O) groups excluding carboxylic acids is 1. The molecule has 0 aliphatic heterocycles. The third-order valence-corrected chi connectivity index (χ3v) is 2.21. The topological polar surface area (TPSA) is 26.3 Å². The van der Waals surface area contributed by atoms with E-state index in [1.165, 1.54) is 19.2 Å². The Labute approximate surface area is 89.1 Å². The molecule has 0 atom stereocenters. The molecule has 0 N–H and O–H groups in total. The number of halogens is 1. The zero-order valence-corrected chi connectivity index (χ0v) is 9.21. The molecule has 0 heterocycles.